The molecule has 3 nitrogen and oxygen atoms in total. The standard InChI is InChI=1S/C8H14N2O.ClH/c11-8-3-7(5-10-8)6-1-2-9-4-6;/h6-7,9H,1-5H2,(H,10,11);1H. The third-order valence-corrected chi connectivity index (χ3v) is 2.77. The number of carbonyl (C=O) groups excluding carboxylic acids is 1. The zero-order valence-electron chi connectivity index (χ0n) is 7.01. The number of hydrogen-bond donors (Lipinski definition) is 2. The average molecular weight is 191 g/mol. The summed E-state index contributed by atoms with van der Waals surface area (Å²) in [6, 6.07) is 0. The van der Waals surface area contributed by atoms with Crippen molar-refractivity contribution in [2.45, 2.75) is 12.8 Å². The molecule has 70 valence electrons. The van der Waals surface area contributed by atoms with E-state index in [2.05, 4.69) is 10.6 Å². The van der Waals surface area contributed by atoms with E-state index in [1.54, 1.807) is 0 Å². The van der Waals surface area contributed by atoms with Gasteiger partial charge in [0.2, 0.25) is 5.91 Å². The molecular weight excluding hydrogens is 176 g/mol. The summed E-state index contributed by atoms with van der Waals surface area (Å²) >= 11 is 0. The summed E-state index contributed by atoms with van der Waals surface area (Å²) in [5.74, 6) is 1.59. The number of amides is 1. The Morgan fingerprint density at radius 3 is 2.58 bits per heavy atom. The van der Waals surface area contributed by atoms with E-state index in [9.17, 15) is 4.79 Å². The van der Waals surface area contributed by atoms with E-state index in [1.807, 2.05) is 0 Å². The smallest absolute Gasteiger partial charge is 0.220 e. The van der Waals surface area contributed by atoms with Crippen LogP contribution in [0.3, 0.4) is 0 Å². The third-order valence-electron chi connectivity index (χ3n) is 2.77. The van der Waals surface area contributed by atoms with Crippen LogP contribution in [0.5, 0.6) is 0 Å². The predicted octanol–water partition coefficient (Wildman–Crippen LogP) is 0.154. The second-order valence-corrected chi connectivity index (χ2v) is 3.52. The van der Waals surface area contributed by atoms with E-state index in [1.165, 1.54) is 6.42 Å². The van der Waals surface area contributed by atoms with Crippen LogP contribution in [0.15, 0.2) is 0 Å². The molecule has 0 aromatic carbocycles. The van der Waals surface area contributed by atoms with E-state index in [-0.39, 0.29) is 18.3 Å². The van der Waals surface area contributed by atoms with Crippen molar-refractivity contribution in [1.82, 2.24) is 10.6 Å². The van der Waals surface area contributed by atoms with E-state index in [4.69, 9.17) is 0 Å². The fraction of sp³-hybridized carbons (Fsp3) is 0.875. The van der Waals surface area contributed by atoms with Crippen molar-refractivity contribution in [3.05, 3.63) is 0 Å². The fourth-order valence-corrected chi connectivity index (χ4v) is 2.04. The van der Waals surface area contributed by atoms with Crippen LogP contribution in [0, 0.1) is 11.8 Å². The van der Waals surface area contributed by atoms with E-state index in [0.29, 0.717) is 5.92 Å². The van der Waals surface area contributed by atoms with Crippen LogP contribution in [0.1, 0.15) is 12.8 Å². The first-order valence-corrected chi connectivity index (χ1v) is 4.33. The second kappa shape index (κ2) is 4.10. The molecule has 0 spiro atoms. The molecule has 2 saturated heterocycles. The van der Waals surface area contributed by atoms with Gasteiger partial charge < -0.3 is 10.6 Å². The minimum atomic E-state index is 0. The summed E-state index contributed by atoms with van der Waals surface area (Å²) in [5.41, 5.74) is 0. The van der Waals surface area contributed by atoms with Crippen molar-refractivity contribution in [1.29, 1.82) is 0 Å². The molecule has 0 saturated carbocycles. The monoisotopic (exact) mass is 190 g/mol. The molecule has 2 heterocycles. The van der Waals surface area contributed by atoms with Gasteiger partial charge in [-0.15, -0.1) is 12.4 Å². The minimum Gasteiger partial charge on any atom is -0.356 e. The highest BCUT2D eigenvalue weighted by Crippen LogP contribution is 2.24. The van der Waals surface area contributed by atoms with E-state index < -0.39 is 0 Å². The Bertz CT molecular complexity index is 168. The largest absolute Gasteiger partial charge is 0.356 e. The first-order chi connectivity index (χ1) is 5.36. The maximum atomic E-state index is 10.9. The second-order valence-electron chi connectivity index (χ2n) is 3.52. The Kier molecular flexibility index (Phi) is 3.35. The van der Waals surface area contributed by atoms with Gasteiger partial charge in [0, 0.05) is 13.0 Å². The Balaban J connectivity index is 0.000000720. The molecule has 2 fully saturated rings. The van der Waals surface area contributed by atoms with Gasteiger partial charge in [-0.1, -0.05) is 0 Å². The van der Waals surface area contributed by atoms with Crippen LogP contribution in [0.4, 0.5) is 0 Å². The van der Waals surface area contributed by atoms with Gasteiger partial charge in [0.25, 0.3) is 0 Å². The van der Waals surface area contributed by atoms with Crippen LogP contribution in [-0.2, 0) is 4.79 Å². The maximum absolute atomic E-state index is 10.9. The molecule has 2 rings (SSSR count). The topological polar surface area (TPSA) is 41.1 Å². The zero-order valence-corrected chi connectivity index (χ0v) is 7.82. The molecule has 2 aliphatic heterocycles. The van der Waals surface area contributed by atoms with Gasteiger partial charge in [0.05, 0.1) is 0 Å². The van der Waals surface area contributed by atoms with Gasteiger partial charge in [-0.05, 0) is 31.3 Å². The van der Waals surface area contributed by atoms with Gasteiger partial charge in [-0.25, -0.2) is 0 Å². The van der Waals surface area contributed by atoms with Gasteiger partial charge in [-0.2, -0.15) is 0 Å². The number of halogens is 1. The minimum absolute atomic E-state index is 0. The molecule has 2 atom stereocenters. The molecule has 2 N–H and O–H groups in total. The quantitative estimate of drug-likeness (QED) is 0.619. The molecule has 0 aromatic rings. The van der Waals surface area contributed by atoms with Crippen molar-refractivity contribution >= 4 is 18.3 Å². The van der Waals surface area contributed by atoms with Crippen molar-refractivity contribution in [2.24, 2.45) is 11.8 Å². The fourth-order valence-electron chi connectivity index (χ4n) is 2.04. The highest BCUT2D eigenvalue weighted by Gasteiger charge is 2.30. The Morgan fingerprint density at radius 1 is 1.25 bits per heavy atom. The van der Waals surface area contributed by atoms with Gasteiger partial charge in [0.1, 0.15) is 0 Å². The number of carbonyl (C=O) groups is 1. The Hall–Kier alpha value is -0.280. The zero-order chi connectivity index (χ0) is 7.68. The van der Waals surface area contributed by atoms with Crippen LogP contribution in [0.2, 0.25) is 0 Å². The number of nitrogens with one attached hydrogen (secondary N) is 2. The highest BCUT2D eigenvalue weighted by atomic mass is 35.5. The lowest BCUT2D eigenvalue weighted by atomic mass is 9.91. The van der Waals surface area contributed by atoms with Gasteiger partial charge in [0.15, 0.2) is 0 Å². The normalized spacial score (nSPS) is 34.5. The van der Waals surface area contributed by atoms with Crippen LogP contribution in [-0.4, -0.2) is 25.5 Å². The molecule has 0 radical (unpaired) electrons. The molecule has 2 aliphatic rings. The highest BCUT2D eigenvalue weighted by molar-refractivity contribution is 5.85. The molecule has 0 aliphatic carbocycles. The summed E-state index contributed by atoms with van der Waals surface area (Å²) in [6.45, 7) is 3.15. The average Bonchev–Trinajstić information content (AvgIpc) is 2.55. The van der Waals surface area contributed by atoms with Gasteiger partial charge >= 0.3 is 0 Å². The lowest BCUT2D eigenvalue weighted by molar-refractivity contribution is -0.119. The number of rotatable bonds is 1. The molecule has 12 heavy (non-hydrogen) atoms. The van der Waals surface area contributed by atoms with Crippen molar-refractivity contribution in [3.8, 4) is 0 Å². The first kappa shape index (κ1) is 9.81. The molecule has 0 bridgehead atoms. The third kappa shape index (κ3) is 1.90. The Morgan fingerprint density at radius 2 is 2.08 bits per heavy atom. The lowest BCUT2D eigenvalue weighted by Crippen LogP contribution is -2.20. The SMILES string of the molecule is Cl.O=C1CC(C2CCNC2)CN1. The van der Waals surface area contributed by atoms with E-state index >= 15 is 0 Å². The summed E-state index contributed by atoms with van der Waals surface area (Å²) in [7, 11) is 0. The summed E-state index contributed by atoms with van der Waals surface area (Å²) in [5, 5.41) is 6.20. The van der Waals surface area contributed by atoms with Crippen molar-refractivity contribution in [2.75, 3.05) is 19.6 Å². The molecule has 4 heteroatoms. The molecule has 2 unspecified atom stereocenters. The van der Waals surface area contributed by atoms with Crippen LogP contribution < -0.4 is 10.6 Å². The van der Waals surface area contributed by atoms with Gasteiger partial charge in [-0.3, -0.25) is 4.79 Å². The number of hydrogen-bond acceptors (Lipinski definition) is 2. The lowest BCUT2D eigenvalue weighted by Gasteiger charge is -2.13. The molecule has 0 aromatic heterocycles. The maximum Gasteiger partial charge on any atom is 0.220 e. The van der Waals surface area contributed by atoms with E-state index in [0.717, 1.165) is 32.0 Å². The summed E-state index contributed by atoms with van der Waals surface area (Å²) in [6.07, 6.45) is 2.01. The summed E-state index contributed by atoms with van der Waals surface area (Å²) < 4.78 is 0. The predicted molar refractivity (Wildman–Crippen MR) is 49.3 cm³/mol. The Labute approximate surface area is 78.7 Å². The van der Waals surface area contributed by atoms with Crippen LogP contribution >= 0.6 is 12.4 Å². The first-order valence-electron chi connectivity index (χ1n) is 4.33. The molecular formula is C8H15ClN2O. The van der Waals surface area contributed by atoms with Crippen LogP contribution in [0.25, 0.3) is 0 Å². The van der Waals surface area contributed by atoms with Crippen molar-refractivity contribution in [3.63, 3.8) is 0 Å². The summed E-state index contributed by atoms with van der Waals surface area (Å²) in [4.78, 5) is 10.9. The van der Waals surface area contributed by atoms with Crippen molar-refractivity contribution < 1.29 is 4.79 Å². The molecule has 1 amide bonds.